The van der Waals surface area contributed by atoms with Gasteiger partial charge in [-0.05, 0) is 44.2 Å². The number of carbonyl (C=O) groups is 2. The van der Waals surface area contributed by atoms with Gasteiger partial charge in [0.2, 0.25) is 0 Å². The van der Waals surface area contributed by atoms with Crippen LogP contribution in [0, 0.1) is 6.92 Å². The van der Waals surface area contributed by atoms with Crippen LogP contribution in [0.1, 0.15) is 22.3 Å². The van der Waals surface area contributed by atoms with Crippen molar-refractivity contribution in [2.45, 2.75) is 20.0 Å². The second-order valence-electron chi connectivity index (χ2n) is 6.95. The van der Waals surface area contributed by atoms with Crippen LogP contribution in [0.4, 0.5) is 5.69 Å². The van der Waals surface area contributed by atoms with E-state index in [0.717, 1.165) is 21.6 Å². The lowest BCUT2D eigenvalue weighted by Gasteiger charge is -2.14. The van der Waals surface area contributed by atoms with Gasteiger partial charge in [0, 0.05) is 5.39 Å². The smallest absolute Gasteiger partial charge is 0.349 e. The second kappa shape index (κ2) is 9.11. The third kappa shape index (κ3) is 4.47. The van der Waals surface area contributed by atoms with E-state index in [1.807, 2.05) is 37.3 Å². The molecule has 0 fully saturated rings. The Balaban J connectivity index is 1.51. The Hall–Kier alpha value is -2.58. The molecule has 1 amide bonds. The van der Waals surface area contributed by atoms with E-state index in [0.29, 0.717) is 4.88 Å². The molecule has 10 heteroatoms. The molecule has 0 saturated carbocycles. The molecule has 1 N–H and O–H groups in total. The van der Waals surface area contributed by atoms with Gasteiger partial charge in [-0.3, -0.25) is 4.79 Å². The molecular weight excluding hydrogens is 493 g/mol. The molecule has 2 aromatic heterocycles. The van der Waals surface area contributed by atoms with Crippen LogP contribution in [0.3, 0.4) is 0 Å². The molecule has 2 aromatic carbocycles. The first-order chi connectivity index (χ1) is 15.2. The van der Waals surface area contributed by atoms with E-state index < -0.39 is 18.0 Å². The van der Waals surface area contributed by atoms with E-state index in [1.54, 1.807) is 10.7 Å². The SMILES string of the molecule is Cc1nn(-c2ccccc2)c2sc(C(=O)OC(C)C(=O)Nc3cc(Cl)c(Cl)cc3Cl)cc12. The zero-order chi connectivity index (χ0) is 23.0. The summed E-state index contributed by atoms with van der Waals surface area (Å²) in [5, 5.41) is 8.73. The van der Waals surface area contributed by atoms with Crippen molar-refractivity contribution in [1.29, 1.82) is 0 Å². The van der Waals surface area contributed by atoms with E-state index in [2.05, 4.69) is 10.4 Å². The molecular formula is C22H16Cl3N3O3S. The number of rotatable bonds is 5. The number of nitrogens with one attached hydrogen (secondary N) is 1. The molecule has 1 unspecified atom stereocenters. The highest BCUT2D eigenvalue weighted by molar-refractivity contribution is 7.20. The minimum atomic E-state index is -1.06. The average molecular weight is 509 g/mol. The number of esters is 1. The zero-order valence-electron chi connectivity index (χ0n) is 16.9. The molecule has 4 aromatic rings. The minimum absolute atomic E-state index is 0.219. The van der Waals surface area contributed by atoms with Crippen molar-refractivity contribution in [3.8, 4) is 5.69 Å². The molecule has 4 rings (SSSR count). The van der Waals surface area contributed by atoms with Crippen molar-refractivity contribution in [3.05, 3.63) is 74.2 Å². The van der Waals surface area contributed by atoms with Crippen molar-refractivity contribution < 1.29 is 14.3 Å². The topological polar surface area (TPSA) is 73.2 Å². The molecule has 0 saturated heterocycles. The molecule has 0 aliphatic rings. The Bertz CT molecular complexity index is 1330. The Morgan fingerprint density at radius 2 is 1.75 bits per heavy atom. The fourth-order valence-corrected chi connectivity index (χ4v) is 4.68. The van der Waals surface area contributed by atoms with Gasteiger partial charge in [-0.15, -0.1) is 11.3 Å². The number of anilines is 1. The zero-order valence-corrected chi connectivity index (χ0v) is 19.9. The number of carbonyl (C=O) groups excluding carboxylic acids is 2. The van der Waals surface area contributed by atoms with E-state index in [9.17, 15) is 9.59 Å². The quantitative estimate of drug-likeness (QED) is 0.245. The first kappa shape index (κ1) is 22.6. The molecule has 0 aliphatic heterocycles. The fourth-order valence-electron chi connectivity index (χ4n) is 3.02. The Labute approximate surface area is 202 Å². The number of halogens is 3. The number of nitrogens with zero attached hydrogens (tertiary/aromatic N) is 2. The fraction of sp³-hybridized carbons (Fsp3) is 0.136. The highest BCUT2D eigenvalue weighted by Crippen LogP contribution is 2.33. The highest BCUT2D eigenvalue weighted by atomic mass is 35.5. The number of aromatic nitrogens is 2. The van der Waals surface area contributed by atoms with E-state index in [-0.39, 0.29) is 20.8 Å². The van der Waals surface area contributed by atoms with Crippen molar-refractivity contribution in [3.63, 3.8) is 0 Å². The number of thiophene rings is 1. The van der Waals surface area contributed by atoms with Crippen LogP contribution < -0.4 is 5.32 Å². The number of amides is 1. The molecule has 0 radical (unpaired) electrons. The number of benzene rings is 2. The summed E-state index contributed by atoms with van der Waals surface area (Å²) in [6, 6.07) is 14.2. The van der Waals surface area contributed by atoms with Gasteiger partial charge >= 0.3 is 5.97 Å². The van der Waals surface area contributed by atoms with Gasteiger partial charge in [0.1, 0.15) is 9.71 Å². The van der Waals surface area contributed by atoms with Gasteiger partial charge < -0.3 is 10.1 Å². The first-order valence-corrected chi connectivity index (χ1v) is 11.4. The standard InChI is InChI=1S/C22H16Cl3N3O3S/c1-11-14-8-19(32-21(14)28(27-11)13-6-4-3-5-7-13)22(30)31-12(2)20(29)26-18-10-16(24)15(23)9-17(18)25/h3-10,12H,1-2H3,(H,26,29). The number of para-hydroxylation sites is 1. The molecule has 2 heterocycles. The number of ether oxygens (including phenoxy) is 1. The number of aryl methyl sites for hydroxylation is 1. The second-order valence-corrected chi connectivity index (χ2v) is 9.20. The number of hydrogen-bond acceptors (Lipinski definition) is 5. The molecule has 32 heavy (non-hydrogen) atoms. The lowest BCUT2D eigenvalue weighted by molar-refractivity contribution is -0.123. The molecule has 1 atom stereocenters. The maximum atomic E-state index is 12.7. The Kier molecular flexibility index (Phi) is 6.44. The minimum Gasteiger partial charge on any atom is -0.448 e. The summed E-state index contributed by atoms with van der Waals surface area (Å²) in [4.78, 5) is 26.4. The van der Waals surface area contributed by atoms with Crippen LogP contribution in [0.15, 0.2) is 48.5 Å². The summed E-state index contributed by atoms with van der Waals surface area (Å²) in [6.07, 6.45) is -1.06. The molecule has 0 spiro atoms. The first-order valence-electron chi connectivity index (χ1n) is 9.45. The third-order valence-corrected chi connectivity index (χ3v) is 6.79. The summed E-state index contributed by atoms with van der Waals surface area (Å²) in [7, 11) is 0. The van der Waals surface area contributed by atoms with Crippen molar-refractivity contribution in [2.24, 2.45) is 0 Å². The average Bonchev–Trinajstić information content (AvgIpc) is 3.33. The van der Waals surface area contributed by atoms with Crippen LogP contribution in [0.5, 0.6) is 0 Å². The monoisotopic (exact) mass is 507 g/mol. The summed E-state index contributed by atoms with van der Waals surface area (Å²) >= 11 is 19.2. The predicted molar refractivity (Wildman–Crippen MR) is 129 cm³/mol. The normalized spacial score (nSPS) is 12.0. The maximum absolute atomic E-state index is 12.7. The third-order valence-electron chi connectivity index (χ3n) is 4.67. The number of fused-ring (bicyclic) bond motifs is 1. The van der Waals surface area contributed by atoms with Crippen LogP contribution in [-0.2, 0) is 9.53 Å². The molecule has 164 valence electrons. The van der Waals surface area contributed by atoms with Gasteiger partial charge in [0.25, 0.3) is 5.91 Å². The van der Waals surface area contributed by atoms with E-state index >= 15 is 0 Å². The molecule has 0 aliphatic carbocycles. The number of hydrogen-bond donors (Lipinski definition) is 1. The van der Waals surface area contributed by atoms with Gasteiger partial charge in [-0.2, -0.15) is 5.10 Å². The van der Waals surface area contributed by atoms with Crippen LogP contribution in [0.2, 0.25) is 15.1 Å². The predicted octanol–water partition coefficient (Wildman–Crippen LogP) is 6.54. The lowest BCUT2D eigenvalue weighted by atomic mass is 10.3. The molecule has 6 nitrogen and oxygen atoms in total. The molecule has 0 bridgehead atoms. The van der Waals surface area contributed by atoms with Gasteiger partial charge in [0.15, 0.2) is 6.10 Å². The summed E-state index contributed by atoms with van der Waals surface area (Å²) in [6.45, 7) is 3.35. The van der Waals surface area contributed by atoms with Crippen molar-refractivity contribution in [2.75, 3.05) is 5.32 Å². The maximum Gasteiger partial charge on any atom is 0.349 e. The van der Waals surface area contributed by atoms with E-state index in [1.165, 1.54) is 30.4 Å². The van der Waals surface area contributed by atoms with Crippen LogP contribution in [-0.4, -0.2) is 27.8 Å². The largest absolute Gasteiger partial charge is 0.448 e. The van der Waals surface area contributed by atoms with Crippen molar-refractivity contribution in [1.82, 2.24) is 9.78 Å². The Morgan fingerprint density at radius 3 is 2.47 bits per heavy atom. The van der Waals surface area contributed by atoms with Gasteiger partial charge in [-0.1, -0.05) is 53.0 Å². The van der Waals surface area contributed by atoms with E-state index in [4.69, 9.17) is 39.5 Å². The van der Waals surface area contributed by atoms with Gasteiger partial charge in [0.05, 0.1) is 32.1 Å². The Morgan fingerprint density at radius 1 is 1.06 bits per heavy atom. The van der Waals surface area contributed by atoms with Gasteiger partial charge in [-0.25, -0.2) is 9.48 Å². The summed E-state index contributed by atoms with van der Waals surface area (Å²) in [5.41, 5.74) is 1.95. The summed E-state index contributed by atoms with van der Waals surface area (Å²) in [5.74, 6) is -1.15. The van der Waals surface area contributed by atoms with Crippen LogP contribution in [0.25, 0.3) is 15.9 Å². The van der Waals surface area contributed by atoms with Crippen LogP contribution >= 0.6 is 46.1 Å². The highest BCUT2D eigenvalue weighted by Gasteiger charge is 2.23. The van der Waals surface area contributed by atoms with Crippen molar-refractivity contribution >= 4 is 73.9 Å². The lowest BCUT2D eigenvalue weighted by Crippen LogP contribution is -2.29. The summed E-state index contributed by atoms with van der Waals surface area (Å²) < 4.78 is 7.16.